The monoisotopic (exact) mass is 275 g/mol. The quantitative estimate of drug-likeness (QED) is 0.837. The number of rotatable bonds is 5. The van der Waals surface area contributed by atoms with Crippen molar-refractivity contribution in [1.82, 2.24) is 15.2 Å². The summed E-state index contributed by atoms with van der Waals surface area (Å²) >= 11 is 0. The molecule has 1 aromatic rings. The Balaban J connectivity index is 2.19. The summed E-state index contributed by atoms with van der Waals surface area (Å²) in [6.07, 6.45) is 9.17. The van der Waals surface area contributed by atoms with Crippen LogP contribution in [0.1, 0.15) is 49.8 Å². The molecule has 2 atom stereocenters. The zero-order chi connectivity index (χ0) is 14.4. The first-order valence-electron chi connectivity index (χ1n) is 8.05. The summed E-state index contributed by atoms with van der Waals surface area (Å²) < 4.78 is 0. The summed E-state index contributed by atoms with van der Waals surface area (Å²) in [7, 11) is 2.27. The van der Waals surface area contributed by atoms with Crippen LogP contribution in [0, 0.1) is 12.8 Å². The Kier molecular flexibility index (Phi) is 5.99. The third-order valence-corrected chi connectivity index (χ3v) is 4.49. The van der Waals surface area contributed by atoms with Gasteiger partial charge in [-0.15, -0.1) is 0 Å². The maximum atomic E-state index is 4.37. The Labute approximate surface area is 123 Å². The van der Waals surface area contributed by atoms with Crippen molar-refractivity contribution in [3.8, 4) is 0 Å². The van der Waals surface area contributed by atoms with Crippen molar-refractivity contribution in [2.45, 2.75) is 45.6 Å². The fourth-order valence-corrected chi connectivity index (χ4v) is 3.38. The molecule has 3 heteroatoms. The Morgan fingerprint density at radius 3 is 3.00 bits per heavy atom. The van der Waals surface area contributed by atoms with Gasteiger partial charge in [-0.1, -0.05) is 13.3 Å². The highest BCUT2D eigenvalue weighted by Crippen LogP contribution is 2.34. The molecule has 0 aromatic carbocycles. The summed E-state index contributed by atoms with van der Waals surface area (Å²) in [4.78, 5) is 6.91. The fraction of sp³-hybridized carbons (Fsp3) is 0.706. The minimum atomic E-state index is 0.510. The zero-order valence-corrected chi connectivity index (χ0v) is 13.2. The van der Waals surface area contributed by atoms with E-state index < -0.39 is 0 Å². The molecule has 0 bridgehead atoms. The first-order chi connectivity index (χ1) is 9.74. The van der Waals surface area contributed by atoms with Gasteiger partial charge in [-0.05, 0) is 76.0 Å². The van der Waals surface area contributed by atoms with Gasteiger partial charge in [0, 0.05) is 18.4 Å². The molecule has 20 heavy (non-hydrogen) atoms. The lowest BCUT2D eigenvalue weighted by atomic mass is 9.88. The van der Waals surface area contributed by atoms with Gasteiger partial charge in [-0.2, -0.15) is 0 Å². The minimum absolute atomic E-state index is 0.510. The molecule has 2 rings (SSSR count). The van der Waals surface area contributed by atoms with Gasteiger partial charge in [0.05, 0.1) is 0 Å². The average molecular weight is 275 g/mol. The Bertz CT molecular complexity index is 405. The number of pyridine rings is 1. The molecule has 2 unspecified atom stereocenters. The third kappa shape index (κ3) is 3.80. The third-order valence-electron chi connectivity index (χ3n) is 4.49. The van der Waals surface area contributed by atoms with E-state index in [9.17, 15) is 0 Å². The molecule has 0 spiro atoms. The van der Waals surface area contributed by atoms with Gasteiger partial charge in [0.1, 0.15) is 0 Å². The van der Waals surface area contributed by atoms with Crippen molar-refractivity contribution in [3.63, 3.8) is 0 Å². The van der Waals surface area contributed by atoms with E-state index in [-0.39, 0.29) is 0 Å². The number of aryl methyl sites for hydroxylation is 1. The molecule has 0 aliphatic carbocycles. The zero-order valence-electron chi connectivity index (χ0n) is 13.2. The molecule has 2 heterocycles. The topological polar surface area (TPSA) is 28.2 Å². The van der Waals surface area contributed by atoms with E-state index in [0.29, 0.717) is 12.0 Å². The Hall–Kier alpha value is -0.930. The van der Waals surface area contributed by atoms with E-state index in [1.54, 1.807) is 0 Å². The van der Waals surface area contributed by atoms with Crippen LogP contribution in [0.4, 0.5) is 0 Å². The predicted molar refractivity (Wildman–Crippen MR) is 84.8 cm³/mol. The van der Waals surface area contributed by atoms with E-state index in [1.807, 2.05) is 6.20 Å². The second kappa shape index (κ2) is 7.75. The van der Waals surface area contributed by atoms with E-state index >= 15 is 0 Å². The van der Waals surface area contributed by atoms with Gasteiger partial charge >= 0.3 is 0 Å². The number of aromatic nitrogens is 1. The molecule has 1 aromatic heterocycles. The fourth-order valence-electron chi connectivity index (χ4n) is 3.38. The van der Waals surface area contributed by atoms with Gasteiger partial charge in [0.25, 0.3) is 0 Å². The summed E-state index contributed by atoms with van der Waals surface area (Å²) in [5.41, 5.74) is 2.79. The van der Waals surface area contributed by atoms with E-state index in [2.05, 4.69) is 48.4 Å². The molecule has 1 aliphatic rings. The van der Waals surface area contributed by atoms with Crippen LogP contribution in [-0.4, -0.2) is 36.6 Å². The first kappa shape index (κ1) is 15.5. The molecule has 0 amide bonds. The van der Waals surface area contributed by atoms with Crippen LogP contribution in [0.3, 0.4) is 0 Å². The summed E-state index contributed by atoms with van der Waals surface area (Å²) in [6, 6.07) is 2.65. The lowest BCUT2D eigenvalue weighted by Gasteiger charge is -2.33. The number of nitrogens with one attached hydrogen (secondary N) is 1. The van der Waals surface area contributed by atoms with Crippen LogP contribution >= 0.6 is 0 Å². The summed E-state index contributed by atoms with van der Waals surface area (Å²) in [6.45, 7) is 7.89. The first-order valence-corrected chi connectivity index (χ1v) is 8.05. The molecule has 1 N–H and O–H groups in total. The molecular formula is C17H29N3. The SMILES string of the molecule is CCCNCC1CCCCN(C)C1c1cnccc1C. The maximum absolute atomic E-state index is 4.37. The second-order valence-electron chi connectivity index (χ2n) is 6.12. The van der Waals surface area contributed by atoms with Crippen molar-refractivity contribution in [1.29, 1.82) is 0 Å². The highest BCUT2D eigenvalue weighted by atomic mass is 15.1. The minimum Gasteiger partial charge on any atom is -0.316 e. The van der Waals surface area contributed by atoms with Crippen LogP contribution in [0.2, 0.25) is 0 Å². The number of hydrogen-bond donors (Lipinski definition) is 1. The summed E-state index contributed by atoms with van der Waals surface area (Å²) in [5, 5.41) is 3.63. The molecule has 1 aliphatic heterocycles. The lowest BCUT2D eigenvalue weighted by Crippen LogP contribution is -2.35. The van der Waals surface area contributed by atoms with Gasteiger partial charge in [-0.25, -0.2) is 0 Å². The smallest absolute Gasteiger partial charge is 0.0403 e. The molecule has 0 radical (unpaired) electrons. The number of likely N-dealkylation sites (tertiary alicyclic amines) is 1. The number of nitrogens with zero attached hydrogens (tertiary/aromatic N) is 2. The largest absolute Gasteiger partial charge is 0.316 e. The average Bonchev–Trinajstić information content (AvgIpc) is 2.62. The standard InChI is InChI=1S/C17H29N3/c1-4-9-18-12-15-7-5-6-11-20(3)17(15)16-13-19-10-8-14(16)2/h8,10,13,15,17-18H,4-7,9,11-12H2,1-3H3. The van der Waals surface area contributed by atoms with Gasteiger partial charge in [-0.3, -0.25) is 9.88 Å². The van der Waals surface area contributed by atoms with Crippen molar-refractivity contribution in [2.24, 2.45) is 5.92 Å². The summed E-state index contributed by atoms with van der Waals surface area (Å²) in [5.74, 6) is 0.692. The van der Waals surface area contributed by atoms with Gasteiger partial charge in [0.2, 0.25) is 0 Å². The van der Waals surface area contributed by atoms with Crippen LogP contribution in [0.5, 0.6) is 0 Å². The van der Waals surface area contributed by atoms with Crippen molar-refractivity contribution in [3.05, 3.63) is 29.6 Å². The maximum Gasteiger partial charge on any atom is 0.0403 e. The van der Waals surface area contributed by atoms with E-state index in [1.165, 1.54) is 43.4 Å². The van der Waals surface area contributed by atoms with Crippen LogP contribution in [-0.2, 0) is 0 Å². The molecular weight excluding hydrogens is 246 g/mol. The van der Waals surface area contributed by atoms with E-state index in [4.69, 9.17) is 0 Å². The molecule has 112 valence electrons. The predicted octanol–water partition coefficient (Wildman–Crippen LogP) is 3.16. The molecule has 1 saturated heterocycles. The highest BCUT2D eigenvalue weighted by Gasteiger charge is 2.29. The molecule has 1 fully saturated rings. The van der Waals surface area contributed by atoms with Crippen LogP contribution < -0.4 is 5.32 Å². The lowest BCUT2D eigenvalue weighted by molar-refractivity contribution is 0.188. The molecule has 3 nitrogen and oxygen atoms in total. The van der Waals surface area contributed by atoms with Crippen molar-refractivity contribution >= 4 is 0 Å². The van der Waals surface area contributed by atoms with Gasteiger partial charge in [0.15, 0.2) is 0 Å². The van der Waals surface area contributed by atoms with E-state index in [0.717, 1.165) is 13.1 Å². The number of hydrogen-bond acceptors (Lipinski definition) is 3. The Morgan fingerprint density at radius 2 is 2.25 bits per heavy atom. The normalized spacial score (nSPS) is 24.6. The van der Waals surface area contributed by atoms with Gasteiger partial charge < -0.3 is 5.32 Å². The molecule has 0 saturated carbocycles. The highest BCUT2D eigenvalue weighted by molar-refractivity contribution is 5.26. The second-order valence-corrected chi connectivity index (χ2v) is 6.12. The van der Waals surface area contributed by atoms with Crippen LogP contribution in [0.25, 0.3) is 0 Å². The Morgan fingerprint density at radius 1 is 1.40 bits per heavy atom. The van der Waals surface area contributed by atoms with Crippen molar-refractivity contribution in [2.75, 3.05) is 26.7 Å². The van der Waals surface area contributed by atoms with Crippen LogP contribution in [0.15, 0.2) is 18.5 Å². The van der Waals surface area contributed by atoms with Crippen molar-refractivity contribution < 1.29 is 0 Å².